The summed E-state index contributed by atoms with van der Waals surface area (Å²) in [5.41, 5.74) is 1.01. The molecule has 1 unspecified atom stereocenters. The van der Waals surface area contributed by atoms with Crippen molar-refractivity contribution < 1.29 is 18.6 Å². The Bertz CT molecular complexity index is 955. The number of benzene rings is 1. The molecule has 2 aromatic heterocycles. The van der Waals surface area contributed by atoms with Crippen molar-refractivity contribution in [3.63, 3.8) is 0 Å². The van der Waals surface area contributed by atoms with Crippen molar-refractivity contribution in [2.45, 2.75) is 45.1 Å². The molecule has 0 aliphatic carbocycles. The van der Waals surface area contributed by atoms with E-state index in [-0.39, 0.29) is 24.1 Å². The van der Waals surface area contributed by atoms with Crippen molar-refractivity contribution in [1.82, 2.24) is 4.57 Å². The molecular formula is C22H25NO5. The third-order valence-corrected chi connectivity index (χ3v) is 4.88. The first-order valence-corrected chi connectivity index (χ1v) is 9.81. The van der Waals surface area contributed by atoms with Crippen molar-refractivity contribution in [3.8, 4) is 5.75 Å². The fourth-order valence-corrected chi connectivity index (χ4v) is 3.39. The van der Waals surface area contributed by atoms with Gasteiger partial charge < -0.3 is 23.2 Å². The van der Waals surface area contributed by atoms with E-state index in [2.05, 4.69) is 29.0 Å². The second-order valence-electron chi connectivity index (χ2n) is 6.95. The van der Waals surface area contributed by atoms with E-state index in [4.69, 9.17) is 18.6 Å². The van der Waals surface area contributed by atoms with Crippen LogP contribution in [0, 0.1) is 0 Å². The lowest BCUT2D eigenvalue weighted by Gasteiger charge is -2.22. The number of nitrogens with zero attached hydrogens (tertiary/aromatic N) is 1. The SMILES string of the molecule is O=c1cc(COC2CCCCO2)occ1OCCCn1ccc2ccccc21. The molecule has 1 saturated heterocycles. The lowest BCUT2D eigenvalue weighted by Crippen LogP contribution is -2.22. The van der Waals surface area contributed by atoms with E-state index in [9.17, 15) is 4.79 Å². The zero-order valence-electron chi connectivity index (χ0n) is 15.8. The highest BCUT2D eigenvalue weighted by molar-refractivity contribution is 5.79. The van der Waals surface area contributed by atoms with Crippen LogP contribution in [-0.4, -0.2) is 24.1 Å². The first kappa shape index (κ1) is 18.8. The summed E-state index contributed by atoms with van der Waals surface area (Å²) in [5, 5.41) is 1.22. The summed E-state index contributed by atoms with van der Waals surface area (Å²) < 4.78 is 24.4. The van der Waals surface area contributed by atoms with Crippen LogP contribution in [0.5, 0.6) is 5.75 Å². The topological polar surface area (TPSA) is 62.8 Å². The van der Waals surface area contributed by atoms with Crippen LogP contribution >= 0.6 is 0 Å². The van der Waals surface area contributed by atoms with Gasteiger partial charge in [0, 0.05) is 30.9 Å². The number of aromatic nitrogens is 1. The Balaban J connectivity index is 1.25. The third kappa shape index (κ3) is 4.64. The Morgan fingerprint density at radius 3 is 2.96 bits per heavy atom. The Morgan fingerprint density at radius 2 is 2.11 bits per heavy atom. The maximum Gasteiger partial charge on any atom is 0.227 e. The Hall–Kier alpha value is -2.57. The van der Waals surface area contributed by atoms with E-state index >= 15 is 0 Å². The summed E-state index contributed by atoms with van der Waals surface area (Å²) in [7, 11) is 0. The van der Waals surface area contributed by atoms with Crippen molar-refractivity contribution in [2.75, 3.05) is 13.2 Å². The molecule has 0 amide bonds. The predicted octanol–water partition coefficient (Wildman–Crippen LogP) is 4.11. The van der Waals surface area contributed by atoms with Gasteiger partial charge in [0.1, 0.15) is 18.6 Å². The predicted molar refractivity (Wildman–Crippen MR) is 105 cm³/mol. The highest BCUT2D eigenvalue weighted by atomic mass is 16.7. The Morgan fingerprint density at radius 1 is 1.18 bits per heavy atom. The van der Waals surface area contributed by atoms with E-state index in [0.717, 1.165) is 38.8 Å². The quantitative estimate of drug-likeness (QED) is 0.548. The number of fused-ring (bicyclic) bond motifs is 1. The van der Waals surface area contributed by atoms with Gasteiger partial charge in [0.2, 0.25) is 11.2 Å². The molecule has 0 spiro atoms. The molecular weight excluding hydrogens is 358 g/mol. The first-order valence-electron chi connectivity index (χ1n) is 9.81. The minimum absolute atomic E-state index is 0.194. The van der Waals surface area contributed by atoms with Crippen LogP contribution in [0.3, 0.4) is 0 Å². The summed E-state index contributed by atoms with van der Waals surface area (Å²) in [4.78, 5) is 12.2. The molecule has 4 rings (SSSR count). The number of hydrogen-bond donors (Lipinski definition) is 0. The highest BCUT2D eigenvalue weighted by Crippen LogP contribution is 2.17. The molecule has 1 aliphatic rings. The molecule has 6 heteroatoms. The van der Waals surface area contributed by atoms with Gasteiger partial charge in [-0.1, -0.05) is 18.2 Å². The summed E-state index contributed by atoms with van der Waals surface area (Å²) in [6.07, 6.45) is 7.07. The molecule has 3 heterocycles. The molecule has 0 bridgehead atoms. The fraction of sp³-hybridized carbons (Fsp3) is 0.409. The average molecular weight is 383 g/mol. The van der Waals surface area contributed by atoms with Gasteiger partial charge in [-0.3, -0.25) is 4.79 Å². The van der Waals surface area contributed by atoms with Crippen molar-refractivity contribution in [3.05, 3.63) is 64.8 Å². The van der Waals surface area contributed by atoms with Crippen molar-refractivity contribution >= 4 is 10.9 Å². The van der Waals surface area contributed by atoms with Crippen LogP contribution < -0.4 is 10.2 Å². The Kier molecular flexibility index (Phi) is 6.09. The lowest BCUT2D eigenvalue weighted by molar-refractivity contribution is -0.171. The first-order chi connectivity index (χ1) is 13.8. The summed E-state index contributed by atoms with van der Waals surface area (Å²) in [5.74, 6) is 0.709. The Labute approximate surface area is 163 Å². The molecule has 148 valence electrons. The maximum absolute atomic E-state index is 12.2. The smallest absolute Gasteiger partial charge is 0.227 e. The van der Waals surface area contributed by atoms with Gasteiger partial charge in [0.15, 0.2) is 6.29 Å². The summed E-state index contributed by atoms with van der Waals surface area (Å²) >= 11 is 0. The van der Waals surface area contributed by atoms with Gasteiger partial charge in [-0.25, -0.2) is 0 Å². The van der Waals surface area contributed by atoms with E-state index in [0.29, 0.717) is 12.4 Å². The number of hydrogen-bond acceptors (Lipinski definition) is 5. The van der Waals surface area contributed by atoms with Gasteiger partial charge in [0.25, 0.3) is 0 Å². The monoisotopic (exact) mass is 383 g/mol. The van der Waals surface area contributed by atoms with Crippen LogP contribution in [0.15, 0.2) is 58.1 Å². The second kappa shape index (κ2) is 9.08. The van der Waals surface area contributed by atoms with Gasteiger partial charge in [-0.05, 0) is 43.2 Å². The molecule has 0 N–H and O–H groups in total. The number of para-hydroxylation sites is 1. The van der Waals surface area contributed by atoms with Gasteiger partial charge in [-0.2, -0.15) is 0 Å². The molecule has 3 aromatic rings. The minimum atomic E-state index is -0.209. The molecule has 1 aromatic carbocycles. The van der Waals surface area contributed by atoms with Crippen LogP contribution in [0.1, 0.15) is 31.4 Å². The van der Waals surface area contributed by atoms with Crippen molar-refractivity contribution in [1.29, 1.82) is 0 Å². The second-order valence-corrected chi connectivity index (χ2v) is 6.95. The third-order valence-electron chi connectivity index (χ3n) is 4.88. The largest absolute Gasteiger partial charge is 0.487 e. The van der Waals surface area contributed by atoms with Crippen LogP contribution in [-0.2, 0) is 22.6 Å². The molecule has 1 atom stereocenters. The summed E-state index contributed by atoms with van der Waals surface area (Å²) in [6.45, 7) is 2.22. The highest BCUT2D eigenvalue weighted by Gasteiger charge is 2.15. The number of rotatable bonds is 8. The molecule has 6 nitrogen and oxygen atoms in total. The van der Waals surface area contributed by atoms with Crippen LogP contribution in [0.4, 0.5) is 0 Å². The van der Waals surface area contributed by atoms with E-state index in [1.807, 2.05) is 12.1 Å². The number of ether oxygens (including phenoxy) is 3. The molecule has 1 aliphatic heterocycles. The summed E-state index contributed by atoms with van der Waals surface area (Å²) in [6, 6.07) is 11.8. The van der Waals surface area contributed by atoms with Crippen LogP contribution in [0.2, 0.25) is 0 Å². The van der Waals surface area contributed by atoms with Gasteiger partial charge in [-0.15, -0.1) is 0 Å². The van der Waals surface area contributed by atoms with Gasteiger partial charge >= 0.3 is 0 Å². The van der Waals surface area contributed by atoms with E-state index < -0.39 is 0 Å². The maximum atomic E-state index is 12.2. The fourth-order valence-electron chi connectivity index (χ4n) is 3.39. The normalized spacial score (nSPS) is 17.1. The number of aryl methyl sites for hydroxylation is 1. The lowest BCUT2D eigenvalue weighted by atomic mass is 10.2. The van der Waals surface area contributed by atoms with E-state index in [1.54, 1.807) is 0 Å². The standard InChI is InChI=1S/C22H25NO5/c24-20-14-18(15-28-22-8-3-4-12-26-22)27-16-21(20)25-13-5-10-23-11-9-17-6-1-2-7-19(17)23/h1-2,6-7,9,11,14,16,22H,3-5,8,10,12-13,15H2. The van der Waals surface area contributed by atoms with Gasteiger partial charge in [0.05, 0.1) is 6.61 Å². The zero-order chi connectivity index (χ0) is 19.2. The van der Waals surface area contributed by atoms with Crippen LogP contribution in [0.25, 0.3) is 10.9 Å². The zero-order valence-corrected chi connectivity index (χ0v) is 15.8. The molecule has 1 fully saturated rings. The average Bonchev–Trinajstić information content (AvgIpc) is 3.15. The minimum Gasteiger partial charge on any atom is -0.487 e. The molecule has 0 radical (unpaired) electrons. The molecule has 28 heavy (non-hydrogen) atoms. The molecule has 0 saturated carbocycles. The van der Waals surface area contributed by atoms with E-state index in [1.165, 1.54) is 23.2 Å². The van der Waals surface area contributed by atoms with Crippen molar-refractivity contribution in [2.24, 2.45) is 0 Å².